The molecule has 2 heterocycles. The van der Waals surface area contributed by atoms with E-state index in [0.29, 0.717) is 12.2 Å². The third-order valence-corrected chi connectivity index (χ3v) is 4.00. The van der Waals surface area contributed by atoms with E-state index in [1.54, 1.807) is 23.3 Å². The zero-order valence-electron chi connectivity index (χ0n) is 14.8. The Labute approximate surface area is 141 Å². The van der Waals surface area contributed by atoms with Crippen LogP contribution in [-0.2, 0) is 13.6 Å². The second-order valence-electron chi connectivity index (χ2n) is 7.23. The van der Waals surface area contributed by atoms with Crippen LogP contribution in [0.15, 0.2) is 41.2 Å². The van der Waals surface area contributed by atoms with Gasteiger partial charge in [0, 0.05) is 19.2 Å². The van der Waals surface area contributed by atoms with E-state index in [2.05, 4.69) is 20.8 Å². The highest BCUT2D eigenvalue weighted by Gasteiger charge is 2.19. The van der Waals surface area contributed by atoms with Crippen molar-refractivity contribution in [3.8, 4) is 17.0 Å². The molecule has 5 heteroatoms. The van der Waals surface area contributed by atoms with Crippen LogP contribution in [0.5, 0.6) is 5.75 Å². The first-order valence-electron chi connectivity index (χ1n) is 8.01. The molecule has 2 aromatic heterocycles. The molecule has 0 radical (unpaired) electrons. The Morgan fingerprint density at radius 2 is 1.83 bits per heavy atom. The highest BCUT2D eigenvalue weighted by Crippen LogP contribution is 2.29. The van der Waals surface area contributed by atoms with E-state index < -0.39 is 0 Å². The Morgan fingerprint density at radius 1 is 1.12 bits per heavy atom. The van der Waals surface area contributed by atoms with Crippen molar-refractivity contribution in [2.45, 2.75) is 27.3 Å². The van der Waals surface area contributed by atoms with Crippen LogP contribution in [0.25, 0.3) is 22.4 Å². The van der Waals surface area contributed by atoms with Crippen molar-refractivity contribution < 1.29 is 4.74 Å². The number of para-hydroxylation sites is 1. The van der Waals surface area contributed by atoms with Gasteiger partial charge in [-0.05, 0) is 29.7 Å². The molecule has 0 aliphatic carbocycles. The van der Waals surface area contributed by atoms with Gasteiger partial charge in [0.2, 0.25) is 0 Å². The van der Waals surface area contributed by atoms with E-state index in [1.807, 2.05) is 36.4 Å². The lowest BCUT2D eigenvalue weighted by atomic mass is 9.97. The van der Waals surface area contributed by atoms with Gasteiger partial charge in [0.05, 0.1) is 18.3 Å². The minimum Gasteiger partial charge on any atom is -0.496 e. The predicted molar refractivity (Wildman–Crippen MR) is 96.4 cm³/mol. The number of hydrogen-bond acceptors (Lipinski definition) is 3. The summed E-state index contributed by atoms with van der Waals surface area (Å²) in [6.07, 6.45) is 0. The fourth-order valence-electron chi connectivity index (χ4n) is 2.91. The lowest BCUT2D eigenvalue weighted by Crippen LogP contribution is -2.27. The van der Waals surface area contributed by atoms with Gasteiger partial charge in [-0.25, -0.2) is 9.78 Å². The van der Waals surface area contributed by atoms with Crippen molar-refractivity contribution in [3.05, 3.63) is 46.9 Å². The second kappa shape index (κ2) is 5.82. The Hall–Kier alpha value is -2.56. The number of aryl methyl sites for hydroxylation is 1. The van der Waals surface area contributed by atoms with Crippen molar-refractivity contribution >= 4 is 11.2 Å². The molecule has 3 aromatic rings. The summed E-state index contributed by atoms with van der Waals surface area (Å²) < 4.78 is 8.83. The molecule has 0 atom stereocenters. The molecule has 0 amide bonds. The normalized spacial score (nSPS) is 11.9. The van der Waals surface area contributed by atoms with Gasteiger partial charge in [-0.1, -0.05) is 32.9 Å². The Kier molecular flexibility index (Phi) is 3.95. The van der Waals surface area contributed by atoms with Gasteiger partial charge in [0.25, 0.3) is 0 Å². The Balaban J connectivity index is 2.20. The number of imidazole rings is 1. The number of ether oxygens (including phenoxy) is 1. The maximum atomic E-state index is 12.6. The van der Waals surface area contributed by atoms with Crippen molar-refractivity contribution in [2.24, 2.45) is 12.5 Å². The van der Waals surface area contributed by atoms with Crippen LogP contribution in [0, 0.1) is 5.41 Å². The zero-order valence-corrected chi connectivity index (χ0v) is 14.8. The van der Waals surface area contributed by atoms with E-state index in [1.165, 1.54) is 0 Å². The molecule has 0 aliphatic heterocycles. The lowest BCUT2D eigenvalue weighted by molar-refractivity contribution is 0.342. The molecule has 24 heavy (non-hydrogen) atoms. The smallest absolute Gasteiger partial charge is 0.330 e. The van der Waals surface area contributed by atoms with E-state index in [-0.39, 0.29) is 11.1 Å². The molecule has 0 spiro atoms. The van der Waals surface area contributed by atoms with Crippen molar-refractivity contribution in [1.82, 2.24) is 14.1 Å². The fourth-order valence-corrected chi connectivity index (χ4v) is 2.91. The molecule has 0 N–H and O–H groups in total. The summed E-state index contributed by atoms with van der Waals surface area (Å²) in [6, 6.07) is 11.7. The number of benzene rings is 1. The largest absolute Gasteiger partial charge is 0.496 e. The van der Waals surface area contributed by atoms with Crippen LogP contribution in [0.4, 0.5) is 0 Å². The summed E-state index contributed by atoms with van der Waals surface area (Å²) >= 11 is 0. The highest BCUT2D eigenvalue weighted by molar-refractivity contribution is 5.78. The molecule has 0 aliphatic rings. The molecule has 0 saturated carbocycles. The van der Waals surface area contributed by atoms with E-state index in [9.17, 15) is 4.79 Å². The standard InChI is InChI=1S/C19H23N3O2/c1-19(2,3)12-22-15-11-10-14(20-17(15)21(4)18(22)23)13-8-6-7-9-16(13)24-5/h6-11H,12H2,1-5H3. The highest BCUT2D eigenvalue weighted by atomic mass is 16.5. The van der Waals surface area contributed by atoms with Gasteiger partial charge < -0.3 is 4.74 Å². The summed E-state index contributed by atoms with van der Waals surface area (Å²) in [5.74, 6) is 0.767. The van der Waals surface area contributed by atoms with Crippen LogP contribution in [0.2, 0.25) is 0 Å². The van der Waals surface area contributed by atoms with E-state index in [4.69, 9.17) is 9.72 Å². The number of nitrogens with zero attached hydrogens (tertiary/aromatic N) is 3. The monoisotopic (exact) mass is 325 g/mol. The van der Waals surface area contributed by atoms with Gasteiger partial charge in [0.15, 0.2) is 5.65 Å². The summed E-state index contributed by atoms with van der Waals surface area (Å²) in [6.45, 7) is 7.01. The van der Waals surface area contributed by atoms with Gasteiger partial charge >= 0.3 is 5.69 Å². The Bertz CT molecular complexity index is 945. The molecular weight excluding hydrogens is 302 g/mol. The predicted octanol–water partition coefficient (Wildman–Crippen LogP) is 3.46. The average Bonchev–Trinajstić information content (AvgIpc) is 2.78. The Morgan fingerprint density at radius 3 is 2.50 bits per heavy atom. The summed E-state index contributed by atoms with van der Waals surface area (Å²) in [4.78, 5) is 17.3. The van der Waals surface area contributed by atoms with Gasteiger partial charge in [-0.2, -0.15) is 0 Å². The number of rotatable bonds is 3. The summed E-state index contributed by atoms with van der Waals surface area (Å²) in [5.41, 5.74) is 3.23. The lowest BCUT2D eigenvalue weighted by Gasteiger charge is -2.18. The molecule has 0 saturated heterocycles. The van der Waals surface area contributed by atoms with Crippen LogP contribution in [0.1, 0.15) is 20.8 Å². The van der Waals surface area contributed by atoms with E-state index >= 15 is 0 Å². The number of fused-ring (bicyclic) bond motifs is 1. The maximum absolute atomic E-state index is 12.6. The SMILES string of the molecule is COc1ccccc1-c1ccc2c(n1)n(C)c(=O)n2CC(C)(C)C. The number of pyridine rings is 1. The quantitative estimate of drug-likeness (QED) is 0.741. The first-order valence-corrected chi connectivity index (χ1v) is 8.01. The summed E-state index contributed by atoms with van der Waals surface area (Å²) in [7, 11) is 3.41. The molecule has 126 valence electrons. The third kappa shape index (κ3) is 2.82. The number of aromatic nitrogens is 3. The molecule has 5 nitrogen and oxygen atoms in total. The van der Waals surface area contributed by atoms with Gasteiger partial charge in [-0.3, -0.25) is 9.13 Å². The van der Waals surface area contributed by atoms with Crippen molar-refractivity contribution in [2.75, 3.05) is 7.11 Å². The topological polar surface area (TPSA) is 49.1 Å². The van der Waals surface area contributed by atoms with Crippen LogP contribution in [0.3, 0.4) is 0 Å². The first kappa shape index (κ1) is 16.3. The summed E-state index contributed by atoms with van der Waals surface area (Å²) in [5, 5.41) is 0. The average molecular weight is 325 g/mol. The van der Waals surface area contributed by atoms with Crippen molar-refractivity contribution in [3.63, 3.8) is 0 Å². The molecule has 0 fully saturated rings. The molecule has 3 rings (SSSR count). The molecule has 1 aromatic carbocycles. The minimum absolute atomic E-state index is 0.0133. The van der Waals surface area contributed by atoms with Crippen LogP contribution < -0.4 is 10.4 Å². The second-order valence-corrected chi connectivity index (χ2v) is 7.23. The maximum Gasteiger partial charge on any atom is 0.330 e. The van der Waals surface area contributed by atoms with Gasteiger partial charge in [0.1, 0.15) is 5.75 Å². The molecule has 0 bridgehead atoms. The third-order valence-electron chi connectivity index (χ3n) is 4.00. The zero-order chi connectivity index (χ0) is 17.5. The number of hydrogen-bond donors (Lipinski definition) is 0. The van der Waals surface area contributed by atoms with Crippen molar-refractivity contribution in [1.29, 1.82) is 0 Å². The molecular formula is C19H23N3O2. The minimum atomic E-state index is -0.0374. The fraction of sp³-hybridized carbons (Fsp3) is 0.368. The number of methoxy groups -OCH3 is 1. The van der Waals surface area contributed by atoms with Gasteiger partial charge in [-0.15, -0.1) is 0 Å². The first-order chi connectivity index (χ1) is 11.3. The van der Waals surface area contributed by atoms with E-state index in [0.717, 1.165) is 22.5 Å². The van der Waals surface area contributed by atoms with Crippen LogP contribution in [-0.4, -0.2) is 21.2 Å². The molecule has 0 unspecified atom stereocenters. The van der Waals surface area contributed by atoms with Crippen LogP contribution >= 0.6 is 0 Å².